The molecule has 1 unspecified atom stereocenters. The Morgan fingerprint density at radius 3 is 2.31 bits per heavy atom. The lowest BCUT2D eigenvalue weighted by Crippen LogP contribution is -2.23. The van der Waals surface area contributed by atoms with Crippen molar-refractivity contribution >= 4 is 17.5 Å². The quantitative estimate of drug-likeness (QED) is 0.773. The molecule has 1 amide bonds. The molecule has 1 rings (SSSR count). The largest absolute Gasteiger partial charge is 0.446 e. The van der Waals surface area contributed by atoms with Crippen molar-refractivity contribution in [3.8, 4) is 0 Å². The molecule has 16 heavy (non-hydrogen) atoms. The van der Waals surface area contributed by atoms with Crippen LogP contribution < -0.4 is 11.1 Å². The predicted octanol–water partition coefficient (Wildman–Crippen LogP) is 2.86. The Morgan fingerprint density at radius 2 is 1.81 bits per heavy atom. The van der Waals surface area contributed by atoms with E-state index in [-0.39, 0.29) is 6.10 Å². The summed E-state index contributed by atoms with van der Waals surface area (Å²) in [5, 5.41) is 2.64. The maximum atomic E-state index is 11.4. The first-order valence-electron chi connectivity index (χ1n) is 5.32. The Labute approximate surface area is 95.8 Å². The Morgan fingerprint density at radius 1 is 1.25 bits per heavy atom. The summed E-state index contributed by atoms with van der Waals surface area (Å²) in [6.07, 6.45) is -0.542. The van der Waals surface area contributed by atoms with Gasteiger partial charge in [-0.2, -0.15) is 0 Å². The molecule has 0 saturated heterocycles. The number of ether oxygens (including phenoxy) is 1. The minimum absolute atomic E-state index is 0.103. The number of hydrogen-bond donors (Lipinski definition) is 2. The highest BCUT2D eigenvalue weighted by Gasteiger charge is 2.12. The van der Waals surface area contributed by atoms with Crippen molar-refractivity contribution in [2.75, 3.05) is 11.1 Å². The van der Waals surface area contributed by atoms with Crippen LogP contribution in [-0.4, -0.2) is 12.2 Å². The van der Waals surface area contributed by atoms with Crippen molar-refractivity contribution in [1.82, 2.24) is 0 Å². The monoisotopic (exact) mass is 222 g/mol. The molecule has 0 radical (unpaired) electrons. The van der Waals surface area contributed by atoms with Crippen LogP contribution in [0.1, 0.15) is 20.8 Å². The van der Waals surface area contributed by atoms with Gasteiger partial charge in [0.2, 0.25) is 0 Å². The van der Waals surface area contributed by atoms with Gasteiger partial charge in [-0.1, -0.05) is 13.8 Å². The van der Waals surface area contributed by atoms with E-state index in [4.69, 9.17) is 10.5 Å². The number of carbonyl (C=O) groups excluding carboxylic acids is 1. The molecule has 0 saturated carbocycles. The van der Waals surface area contributed by atoms with E-state index < -0.39 is 6.09 Å². The zero-order valence-corrected chi connectivity index (χ0v) is 9.86. The summed E-state index contributed by atoms with van der Waals surface area (Å²) in [6.45, 7) is 5.87. The van der Waals surface area contributed by atoms with Crippen molar-refractivity contribution < 1.29 is 9.53 Å². The number of rotatable bonds is 3. The molecule has 0 bridgehead atoms. The SMILES string of the molecule is CC(C)C(C)OC(=O)Nc1ccc(N)cc1. The summed E-state index contributed by atoms with van der Waals surface area (Å²) in [7, 11) is 0. The van der Waals surface area contributed by atoms with Crippen LogP contribution in [0.2, 0.25) is 0 Å². The van der Waals surface area contributed by atoms with Crippen molar-refractivity contribution in [3.63, 3.8) is 0 Å². The summed E-state index contributed by atoms with van der Waals surface area (Å²) in [5.74, 6) is 0.303. The molecule has 0 fully saturated rings. The second-order valence-corrected chi connectivity index (χ2v) is 4.10. The maximum Gasteiger partial charge on any atom is 0.411 e. The molecule has 4 heteroatoms. The number of anilines is 2. The van der Waals surface area contributed by atoms with Gasteiger partial charge in [-0.25, -0.2) is 4.79 Å². The third-order valence-electron chi connectivity index (χ3n) is 2.39. The van der Waals surface area contributed by atoms with E-state index in [2.05, 4.69) is 5.32 Å². The molecular weight excluding hydrogens is 204 g/mol. The number of hydrogen-bond acceptors (Lipinski definition) is 3. The molecule has 0 heterocycles. The van der Waals surface area contributed by atoms with Crippen molar-refractivity contribution in [3.05, 3.63) is 24.3 Å². The Bertz CT molecular complexity index is 347. The average molecular weight is 222 g/mol. The minimum atomic E-state index is -0.439. The summed E-state index contributed by atoms with van der Waals surface area (Å²) in [6, 6.07) is 6.91. The minimum Gasteiger partial charge on any atom is -0.446 e. The molecule has 1 atom stereocenters. The van der Waals surface area contributed by atoms with Gasteiger partial charge in [-0.3, -0.25) is 5.32 Å². The molecule has 4 nitrogen and oxygen atoms in total. The Kier molecular flexibility index (Phi) is 4.17. The van der Waals surface area contributed by atoms with Gasteiger partial charge in [0, 0.05) is 11.4 Å². The van der Waals surface area contributed by atoms with Gasteiger partial charge < -0.3 is 10.5 Å². The number of nitrogens with two attached hydrogens (primary N) is 1. The van der Waals surface area contributed by atoms with Crippen molar-refractivity contribution in [2.24, 2.45) is 5.92 Å². The van der Waals surface area contributed by atoms with Gasteiger partial charge in [-0.05, 0) is 37.1 Å². The van der Waals surface area contributed by atoms with E-state index in [1.807, 2.05) is 20.8 Å². The highest BCUT2D eigenvalue weighted by Crippen LogP contribution is 2.12. The fourth-order valence-corrected chi connectivity index (χ4v) is 1.02. The first kappa shape index (κ1) is 12.4. The summed E-state index contributed by atoms with van der Waals surface area (Å²) >= 11 is 0. The number of nitrogens with one attached hydrogen (secondary N) is 1. The van der Waals surface area contributed by atoms with Crippen LogP contribution in [0.15, 0.2) is 24.3 Å². The zero-order valence-electron chi connectivity index (χ0n) is 9.86. The van der Waals surface area contributed by atoms with E-state index in [1.165, 1.54) is 0 Å². The van der Waals surface area contributed by atoms with E-state index in [0.717, 1.165) is 0 Å². The molecule has 0 aliphatic carbocycles. The predicted molar refractivity (Wildman–Crippen MR) is 65.3 cm³/mol. The third kappa shape index (κ3) is 3.81. The number of carbonyl (C=O) groups is 1. The second-order valence-electron chi connectivity index (χ2n) is 4.10. The van der Waals surface area contributed by atoms with Crippen molar-refractivity contribution in [1.29, 1.82) is 0 Å². The van der Waals surface area contributed by atoms with Crippen LogP contribution in [0.3, 0.4) is 0 Å². The van der Waals surface area contributed by atoms with Crippen LogP contribution in [0.5, 0.6) is 0 Å². The average Bonchev–Trinajstić information content (AvgIpc) is 2.21. The molecule has 0 aromatic heterocycles. The van der Waals surface area contributed by atoms with Gasteiger partial charge in [-0.15, -0.1) is 0 Å². The molecule has 3 N–H and O–H groups in total. The number of amides is 1. The normalized spacial score (nSPS) is 12.2. The van der Waals surface area contributed by atoms with E-state index in [0.29, 0.717) is 17.3 Å². The third-order valence-corrected chi connectivity index (χ3v) is 2.39. The van der Waals surface area contributed by atoms with Crippen molar-refractivity contribution in [2.45, 2.75) is 26.9 Å². The Balaban J connectivity index is 2.48. The first-order valence-corrected chi connectivity index (χ1v) is 5.32. The molecule has 1 aromatic carbocycles. The fraction of sp³-hybridized carbons (Fsp3) is 0.417. The smallest absolute Gasteiger partial charge is 0.411 e. The fourth-order valence-electron chi connectivity index (χ4n) is 1.02. The van der Waals surface area contributed by atoms with Gasteiger partial charge in [0.05, 0.1) is 0 Å². The van der Waals surface area contributed by atoms with Gasteiger partial charge in [0.15, 0.2) is 0 Å². The van der Waals surface area contributed by atoms with E-state index >= 15 is 0 Å². The topological polar surface area (TPSA) is 64.3 Å². The van der Waals surface area contributed by atoms with Gasteiger partial charge in [0.1, 0.15) is 6.10 Å². The van der Waals surface area contributed by atoms with Crippen LogP contribution in [-0.2, 0) is 4.74 Å². The van der Waals surface area contributed by atoms with Crippen LogP contribution in [0.4, 0.5) is 16.2 Å². The highest BCUT2D eigenvalue weighted by atomic mass is 16.6. The highest BCUT2D eigenvalue weighted by molar-refractivity contribution is 5.84. The number of benzene rings is 1. The second kappa shape index (κ2) is 5.39. The summed E-state index contributed by atoms with van der Waals surface area (Å²) in [5.41, 5.74) is 6.87. The maximum absolute atomic E-state index is 11.4. The van der Waals surface area contributed by atoms with Crippen LogP contribution in [0.25, 0.3) is 0 Å². The summed E-state index contributed by atoms with van der Waals surface area (Å²) < 4.78 is 5.16. The first-order chi connectivity index (χ1) is 7.49. The zero-order chi connectivity index (χ0) is 12.1. The Hall–Kier alpha value is -1.71. The molecule has 0 spiro atoms. The lowest BCUT2D eigenvalue weighted by molar-refractivity contribution is 0.0940. The molecule has 0 aliphatic heterocycles. The number of nitrogen functional groups attached to an aromatic ring is 1. The molecule has 0 aliphatic rings. The standard InChI is InChI=1S/C12H18N2O2/c1-8(2)9(3)16-12(15)14-11-6-4-10(13)5-7-11/h4-9H,13H2,1-3H3,(H,14,15). The van der Waals surface area contributed by atoms with E-state index in [1.54, 1.807) is 24.3 Å². The van der Waals surface area contributed by atoms with Gasteiger partial charge >= 0.3 is 6.09 Å². The molecular formula is C12H18N2O2. The lowest BCUT2D eigenvalue weighted by Gasteiger charge is -2.16. The van der Waals surface area contributed by atoms with Crippen LogP contribution in [0, 0.1) is 5.92 Å². The lowest BCUT2D eigenvalue weighted by atomic mass is 10.1. The molecule has 1 aromatic rings. The van der Waals surface area contributed by atoms with Gasteiger partial charge in [0.25, 0.3) is 0 Å². The van der Waals surface area contributed by atoms with E-state index in [9.17, 15) is 4.79 Å². The summed E-state index contributed by atoms with van der Waals surface area (Å²) in [4.78, 5) is 11.4. The van der Waals surface area contributed by atoms with Crippen LogP contribution >= 0.6 is 0 Å². The molecule has 88 valence electrons.